The van der Waals surface area contributed by atoms with Crippen molar-refractivity contribution < 1.29 is 4.39 Å². The molecule has 1 unspecified atom stereocenters. The molecule has 1 N–H and O–H groups in total. The first-order chi connectivity index (χ1) is 7.83. The van der Waals surface area contributed by atoms with Gasteiger partial charge < -0.3 is 5.32 Å². The maximum absolute atomic E-state index is 13.0. The Kier molecular flexibility index (Phi) is 2.36. The number of hydrogen-bond donors (Lipinski definition) is 1. The summed E-state index contributed by atoms with van der Waals surface area (Å²) in [6, 6.07) is 5.32. The van der Waals surface area contributed by atoms with E-state index in [2.05, 4.69) is 10.4 Å². The smallest absolute Gasteiger partial charge is 0.124 e. The van der Waals surface area contributed by atoms with E-state index < -0.39 is 0 Å². The number of nitrogens with one attached hydrogen (secondary N) is 1. The van der Waals surface area contributed by atoms with Gasteiger partial charge in [0.05, 0.1) is 18.3 Å². The fourth-order valence-corrected chi connectivity index (χ4v) is 2.32. The van der Waals surface area contributed by atoms with E-state index in [0.717, 1.165) is 24.0 Å². The van der Waals surface area contributed by atoms with E-state index in [1.807, 2.05) is 4.68 Å². The Hall–Kier alpha value is -1.42. The van der Waals surface area contributed by atoms with Crippen LogP contribution in [0, 0.1) is 5.82 Å². The van der Waals surface area contributed by atoms with Gasteiger partial charge in [-0.15, -0.1) is 0 Å². The topological polar surface area (TPSA) is 29.9 Å². The summed E-state index contributed by atoms with van der Waals surface area (Å²) < 4.78 is 15.0. The molecule has 0 spiro atoms. The van der Waals surface area contributed by atoms with Crippen molar-refractivity contribution in [2.75, 3.05) is 6.54 Å². The summed E-state index contributed by atoms with van der Waals surface area (Å²) in [6.45, 7) is 1.97. The molecule has 0 bridgehead atoms. The van der Waals surface area contributed by atoms with Crippen molar-refractivity contribution in [2.45, 2.75) is 25.4 Å². The van der Waals surface area contributed by atoms with Crippen LogP contribution in [-0.2, 0) is 6.54 Å². The van der Waals surface area contributed by atoms with Crippen LogP contribution in [0.25, 0.3) is 10.9 Å². The number of aromatic nitrogens is 2. The van der Waals surface area contributed by atoms with E-state index >= 15 is 0 Å². The monoisotopic (exact) mass is 219 g/mol. The molecule has 1 atom stereocenters. The van der Waals surface area contributed by atoms with Crippen LogP contribution >= 0.6 is 0 Å². The van der Waals surface area contributed by atoms with Crippen LogP contribution in [0.1, 0.15) is 12.8 Å². The molecule has 2 aromatic rings. The lowest BCUT2D eigenvalue weighted by atomic mass is 10.2. The lowest BCUT2D eigenvalue weighted by molar-refractivity contribution is 0.486. The number of nitrogens with zero attached hydrogens (tertiary/aromatic N) is 2. The minimum atomic E-state index is -0.203. The fraction of sp³-hybridized carbons (Fsp3) is 0.417. The molecular weight excluding hydrogens is 205 g/mol. The highest BCUT2D eigenvalue weighted by Gasteiger charge is 2.15. The third-order valence-corrected chi connectivity index (χ3v) is 3.16. The second-order valence-corrected chi connectivity index (χ2v) is 4.32. The van der Waals surface area contributed by atoms with Gasteiger partial charge in [-0.05, 0) is 37.6 Å². The van der Waals surface area contributed by atoms with E-state index in [1.54, 1.807) is 12.3 Å². The highest BCUT2D eigenvalue weighted by atomic mass is 19.1. The van der Waals surface area contributed by atoms with Crippen molar-refractivity contribution in [3.05, 3.63) is 30.2 Å². The standard InChI is InChI=1S/C12H14FN3/c13-10-3-4-12-9(6-10)7-15-16(12)8-11-2-1-5-14-11/h3-4,6-7,11,14H,1-2,5,8H2. The normalized spacial score (nSPS) is 20.7. The van der Waals surface area contributed by atoms with Gasteiger partial charge in [-0.2, -0.15) is 5.10 Å². The Bertz CT molecular complexity index is 500. The van der Waals surface area contributed by atoms with Crippen LogP contribution in [0.5, 0.6) is 0 Å². The molecule has 0 saturated carbocycles. The van der Waals surface area contributed by atoms with Crippen molar-refractivity contribution in [3.8, 4) is 0 Å². The summed E-state index contributed by atoms with van der Waals surface area (Å²) in [5.74, 6) is -0.203. The van der Waals surface area contributed by atoms with Crippen LogP contribution in [0.15, 0.2) is 24.4 Å². The van der Waals surface area contributed by atoms with Crippen molar-refractivity contribution in [1.82, 2.24) is 15.1 Å². The third kappa shape index (κ3) is 1.69. The Morgan fingerprint density at radius 2 is 2.44 bits per heavy atom. The van der Waals surface area contributed by atoms with Gasteiger partial charge >= 0.3 is 0 Å². The maximum atomic E-state index is 13.0. The van der Waals surface area contributed by atoms with Gasteiger partial charge in [-0.1, -0.05) is 0 Å². The minimum Gasteiger partial charge on any atom is -0.312 e. The first kappa shape index (κ1) is 9.78. The summed E-state index contributed by atoms with van der Waals surface area (Å²) in [5, 5.41) is 8.62. The van der Waals surface area contributed by atoms with Crippen LogP contribution in [0.2, 0.25) is 0 Å². The van der Waals surface area contributed by atoms with Crippen LogP contribution in [0.4, 0.5) is 4.39 Å². The Balaban J connectivity index is 1.91. The predicted molar refractivity (Wildman–Crippen MR) is 60.7 cm³/mol. The maximum Gasteiger partial charge on any atom is 0.124 e. The average molecular weight is 219 g/mol. The Morgan fingerprint density at radius 1 is 1.50 bits per heavy atom. The van der Waals surface area contributed by atoms with E-state index in [0.29, 0.717) is 6.04 Å². The molecule has 1 saturated heterocycles. The van der Waals surface area contributed by atoms with Crippen LogP contribution < -0.4 is 5.32 Å². The molecule has 4 heteroatoms. The molecule has 1 aromatic heterocycles. The SMILES string of the molecule is Fc1ccc2c(cnn2CC2CCCN2)c1. The van der Waals surface area contributed by atoms with E-state index in [1.165, 1.54) is 25.0 Å². The number of fused-ring (bicyclic) bond motifs is 1. The second-order valence-electron chi connectivity index (χ2n) is 4.32. The van der Waals surface area contributed by atoms with Gasteiger partial charge in [0.15, 0.2) is 0 Å². The van der Waals surface area contributed by atoms with Crippen LogP contribution in [0.3, 0.4) is 0 Å². The highest BCUT2D eigenvalue weighted by Crippen LogP contribution is 2.16. The second kappa shape index (κ2) is 3.87. The quantitative estimate of drug-likeness (QED) is 0.836. The summed E-state index contributed by atoms with van der Waals surface area (Å²) in [4.78, 5) is 0. The molecular formula is C12H14FN3. The van der Waals surface area contributed by atoms with E-state index in [-0.39, 0.29) is 5.82 Å². The lowest BCUT2D eigenvalue weighted by Crippen LogP contribution is -2.27. The van der Waals surface area contributed by atoms with Crippen molar-refractivity contribution >= 4 is 10.9 Å². The lowest BCUT2D eigenvalue weighted by Gasteiger charge is -2.10. The molecule has 1 aliphatic heterocycles. The number of benzene rings is 1. The van der Waals surface area contributed by atoms with Gasteiger partial charge in [-0.3, -0.25) is 4.68 Å². The first-order valence-electron chi connectivity index (χ1n) is 5.67. The summed E-state index contributed by atoms with van der Waals surface area (Å²) in [7, 11) is 0. The van der Waals surface area contributed by atoms with Gasteiger partial charge in [-0.25, -0.2) is 4.39 Å². The first-order valence-corrected chi connectivity index (χ1v) is 5.67. The molecule has 3 rings (SSSR count). The molecule has 1 fully saturated rings. The summed E-state index contributed by atoms with van der Waals surface area (Å²) in [6.07, 6.45) is 4.16. The largest absolute Gasteiger partial charge is 0.312 e. The Morgan fingerprint density at radius 3 is 3.25 bits per heavy atom. The summed E-state index contributed by atoms with van der Waals surface area (Å²) >= 11 is 0. The predicted octanol–water partition coefficient (Wildman–Crippen LogP) is 1.93. The number of halogens is 1. The van der Waals surface area contributed by atoms with Crippen LogP contribution in [-0.4, -0.2) is 22.4 Å². The van der Waals surface area contributed by atoms with Gasteiger partial charge in [0.1, 0.15) is 5.82 Å². The molecule has 2 heterocycles. The van der Waals surface area contributed by atoms with Crippen molar-refractivity contribution in [3.63, 3.8) is 0 Å². The zero-order valence-electron chi connectivity index (χ0n) is 8.99. The number of rotatable bonds is 2. The zero-order chi connectivity index (χ0) is 11.0. The van der Waals surface area contributed by atoms with E-state index in [4.69, 9.17) is 0 Å². The van der Waals surface area contributed by atoms with E-state index in [9.17, 15) is 4.39 Å². The highest BCUT2D eigenvalue weighted by molar-refractivity contribution is 5.78. The molecule has 0 radical (unpaired) electrons. The molecule has 0 aliphatic carbocycles. The van der Waals surface area contributed by atoms with Gasteiger partial charge in [0, 0.05) is 11.4 Å². The zero-order valence-corrected chi connectivity index (χ0v) is 8.99. The summed E-state index contributed by atoms with van der Waals surface area (Å²) in [5.41, 5.74) is 1.01. The Labute approximate surface area is 93.3 Å². The third-order valence-electron chi connectivity index (χ3n) is 3.16. The molecule has 84 valence electrons. The van der Waals surface area contributed by atoms with Gasteiger partial charge in [0.25, 0.3) is 0 Å². The van der Waals surface area contributed by atoms with Crippen molar-refractivity contribution in [1.29, 1.82) is 0 Å². The average Bonchev–Trinajstić information content (AvgIpc) is 2.89. The van der Waals surface area contributed by atoms with Gasteiger partial charge in [0.2, 0.25) is 0 Å². The number of hydrogen-bond acceptors (Lipinski definition) is 2. The minimum absolute atomic E-state index is 0.203. The fourth-order valence-electron chi connectivity index (χ4n) is 2.32. The molecule has 3 nitrogen and oxygen atoms in total. The molecule has 1 aromatic carbocycles. The molecule has 1 aliphatic rings. The molecule has 0 amide bonds. The van der Waals surface area contributed by atoms with Crippen molar-refractivity contribution in [2.24, 2.45) is 0 Å². The molecule has 16 heavy (non-hydrogen) atoms.